The third-order valence-corrected chi connectivity index (χ3v) is 2.78. The van der Waals surface area contributed by atoms with Gasteiger partial charge in [-0.15, -0.1) is 0 Å². The van der Waals surface area contributed by atoms with Gasteiger partial charge in [-0.1, -0.05) is 0 Å². The second kappa shape index (κ2) is 3.34. The molecule has 1 fully saturated rings. The normalized spacial score (nSPS) is 25.7. The fraction of sp³-hybridized carbons (Fsp3) is 0.600. The monoisotopic (exact) mass is 210 g/mol. The van der Waals surface area contributed by atoms with E-state index in [0.29, 0.717) is 18.7 Å². The molecule has 5 heteroatoms. The van der Waals surface area contributed by atoms with Crippen molar-refractivity contribution in [3.8, 4) is 0 Å². The largest absolute Gasteiger partial charge is 0.479 e. The number of nitrogens with zero attached hydrogens (tertiary/aromatic N) is 2. The van der Waals surface area contributed by atoms with E-state index >= 15 is 0 Å². The van der Waals surface area contributed by atoms with Crippen molar-refractivity contribution in [1.29, 1.82) is 0 Å². The molecule has 2 heterocycles. The highest BCUT2D eigenvalue weighted by Crippen LogP contribution is 2.36. The van der Waals surface area contributed by atoms with Crippen molar-refractivity contribution in [3.63, 3.8) is 0 Å². The van der Waals surface area contributed by atoms with Crippen LogP contribution in [0.1, 0.15) is 24.2 Å². The zero-order valence-electron chi connectivity index (χ0n) is 8.86. The Morgan fingerprint density at radius 1 is 1.73 bits per heavy atom. The maximum absolute atomic E-state index is 11.3. The van der Waals surface area contributed by atoms with Gasteiger partial charge in [0.1, 0.15) is 0 Å². The van der Waals surface area contributed by atoms with E-state index in [1.165, 1.54) is 0 Å². The summed E-state index contributed by atoms with van der Waals surface area (Å²) >= 11 is 0. The third-order valence-electron chi connectivity index (χ3n) is 2.78. The Balaban J connectivity index is 2.49. The van der Waals surface area contributed by atoms with E-state index < -0.39 is 11.6 Å². The molecule has 5 nitrogen and oxygen atoms in total. The number of ether oxygens (including phenoxy) is 1. The molecule has 0 bridgehead atoms. The second-order valence-corrected chi connectivity index (χ2v) is 3.88. The lowest BCUT2D eigenvalue weighted by Crippen LogP contribution is -2.36. The molecule has 15 heavy (non-hydrogen) atoms. The molecule has 0 amide bonds. The van der Waals surface area contributed by atoms with E-state index in [1.54, 1.807) is 17.8 Å². The number of carboxylic acid groups (broad SMARTS) is 1. The van der Waals surface area contributed by atoms with Gasteiger partial charge >= 0.3 is 5.97 Å². The summed E-state index contributed by atoms with van der Waals surface area (Å²) in [5.41, 5.74) is 0.254. The third kappa shape index (κ3) is 1.43. The minimum absolute atomic E-state index is 0.497. The van der Waals surface area contributed by atoms with Gasteiger partial charge in [0.2, 0.25) is 5.60 Å². The maximum Gasteiger partial charge on any atom is 0.342 e. The molecule has 0 spiro atoms. The molecule has 0 radical (unpaired) electrons. The summed E-state index contributed by atoms with van der Waals surface area (Å²) in [5.74, 6) is -0.928. The average molecular weight is 210 g/mol. The smallest absolute Gasteiger partial charge is 0.342 e. The van der Waals surface area contributed by atoms with Crippen LogP contribution in [0.15, 0.2) is 6.07 Å². The van der Waals surface area contributed by atoms with Gasteiger partial charge in [0, 0.05) is 13.7 Å². The van der Waals surface area contributed by atoms with E-state index in [2.05, 4.69) is 5.10 Å². The fourth-order valence-electron chi connectivity index (χ4n) is 2.11. The Kier molecular flexibility index (Phi) is 2.26. The summed E-state index contributed by atoms with van der Waals surface area (Å²) in [6, 6.07) is 1.78. The SMILES string of the molecule is Cc1cc(C2(C(=O)O)CCCO2)n(C)n1. The number of aryl methyl sites for hydroxylation is 2. The van der Waals surface area contributed by atoms with Gasteiger partial charge in [-0.05, 0) is 25.8 Å². The first-order valence-corrected chi connectivity index (χ1v) is 4.95. The number of aromatic nitrogens is 2. The molecular weight excluding hydrogens is 196 g/mol. The van der Waals surface area contributed by atoms with Crippen LogP contribution in [0.2, 0.25) is 0 Å². The van der Waals surface area contributed by atoms with E-state index in [-0.39, 0.29) is 0 Å². The summed E-state index contributed by atoms with van der Waals surface area (Å²) < 4.78 is 7.01. The number of rotatable bonds is 2. The Morgan fingerprint density at radius 2 is 2.47 bits per heavy atom. The summed E-state index contributed by atoms with van der Waals surface area (Å²) in [6.45, 7) is 2.34. The summed E-state index contributed by atoms with van der Waals surface area (Å²) in [7, 11) is 1.74. The highest BCUT2D eigenvalue weighted by molar-refractivity contribution is 5.79. The number of carboxylic acids is 1. The number of hydrogen-bond donors (Lipinski definition) is 1. The van der Waals surface area contributed by atoms with Crippen LogP contribution in [0.25, 0.3) is 0 Å². The molecule has 1 N–H and O–H groups in total. The maximum atomic E-state index is 11.3. The van der Waals surface area contributed by atoms with Crippen LogP contribution in [0, 0.1) is 6.92 Å². The van der Waals surface area contributed by atoms with E-state index in [9.17, 15) is 9.90 Å². The molecule has 1 aliphatic rings. The summed E-state index contributed by atoms with van der Waals surface area (Å²) in [5, 5.41) is 13.4. The number of aliphatic carboxylic acids is 1. The first kappa shape index (κ1) is 10.2. The fourth-order valence-corrected chi connectivity index (χ4v) is 2.11. The molecule has 1 unspecified atom stereocenters. The number of carbonyl (C=O) groups is 1. The molecule has 0 aromatic carbocycles. The van der Waals surface area contributed by atoms with Gasteiger partial charge in [-0.2, -0.15) is 5.10 Å². The van der Waals surface area contributed by atoms with Gasteiger partial charge in [-0.25, -0.2) is 4.79 Å². The molecule has 2 rings (SSSR count). The zero-order chi connectivity index (χ0) is 11.1. The van der Waals surface area contributed by atoms with Crippen LogP contribution in [0.5, 0.6) is 0 Å². The second-order valence-electron chi connectivity index (χ2n) is 3.88. The van der Waals surface area contributed by atoms with Gasteiger partial charge < -0.3 is 9.84 Å². The quantitative estimate of drug-likeness (QED) is 0.784. The minimum Gasteiger partial charge on any atom is -0.479 e. The van der Waals surface area contributed by atoms with Crippen molar-refractivity contribution >= 4 is 5.97 Å². The van der Waals surface area contributed by atoms with Gasteiger partial charge in [0.05, 0.1) is 11.4 Å². The first-order valence-electron chi connectivity index (χ1n) is 4.95. The molecule has 82 valence electrons. The predicted molar refractivity (Wildman–Crippen MR) is 52.4 cm³/mol. The van der Waals surface area contributed by atoms with Crippen LogP contribution in [0.4, 0.5) is 0 Å². The van der Waals surface area contributed by atoms with E-state index in [0.717, 1.165) is 12.1 Å². The molecule has 1 aliphatic heterocycles. The zero-order valence-corrected chi connectivity index (χ0v) is 8.86. The topological polar surface area (TPSA) is 64.3 Å². The predicted octanol–water partition coefficient (Wildman–Crippen LogP) is 0.819. The average Bonchev–Trinajstić information content (AvgIpc) is 2.72. The lowest BCUT2D eigenvalue weighted by atomic mass is 9.96. The Bertz CT molecular complexity index is 391. The molecule has 1 aromatic rings. The highest BCUT2D eigenvalue weighted by Gasteiger charge is 2.47. The van der Waals surface area contributed by atoms with Crippen molar-refractivity contribution in [3.05, 3.63) is 17.5 Å². The van der Waals surface area contributed by atoms with Crippen LogP contribution in [-0.2, 0) is 22.2 Å². The van der Waals surface area contributed by atoms with Crippen molar-refractivity contribution in [1.82, 2.24) is 9.78 Å². The van der Waals surface area contributed by atoms with Gasteiger partial charge in [-0.3, -0.25) is 4.68 Å². The standard InChI is InChI=1S/C10H14N2O3/c1-7-6-8(12(2)11-7)10(9(13)14)4-3-5-15-10/h6H,3-5H2,1-2H3,(H,13,14). The first-order chi connectivity index (χ1) is 7.06. The van der Waals surface area contributed by atoms with Crippen LogP contribution >= 0.6 is 0 Å². The van der Waals surface area contributed by atoms with Crippen LogP contribution in [0.3, 0.4) is 0 Å². The van der Waals surface area contributed by atoms with Crippen LogP contribution in [-0.4, -0.2) is 27.5 Å². The summed E-state index contributed by atoms with van der Waals surface area (Å²) in [6.07, 6.45) is 1.29. The van der Waals surface area contributed by atoms with E-state index in [1.807, 2.05) is 6.92 Å². The molecule has 1 saturated heterocycles. The summed E-state index contributed by atoms with van der Waals surface area (Å²) in [4.78, 5) is 11.3. The molecule has 0 saturated carbocycles. The molecule has 1 atom stereocenters. The molecule has 0 aliphatic carbocycles. The van der Waals surface area contributed by atoms with Crippen molar-refractivity contribution < 1.29 is 14.6 Å². The molecule has 1 aromatic heterocycles. The van der Waals surface area contributed by atoms with Crippen LogP contribution < -0.4 is 0 Å². The van der Waals surface area contributed by atoms with Crippen molar-refractivity contribution in [2.24, 2.45) is 7.05 Å². The lowest BCUT2D eigenvalue weighted by molar-refractivity contribution is -0.162. The van der Waals surface area contributed by atoms with Gasteiger partial charge in [0.25, 0.3) is 0 Å². The lowest BCUT2D eigenvalue weighted by Gasteiger charge is -2.23. The highest BCUT2D eigenvalue weighted by atomic mass is 16.5. The van der Waals surface area contributed by atoms with Crippen molar-refractivity contribution in [2.45, 2.75) is 25.4 Å². The van der Waals surface area contributed by atoms with E-state index in [4.69, 9.17) is 4.74 Å². The number of hydrogen-bond acceptors (Lipinski definition) is 3. The Hall–Kier alpha value is -1.36. The minimum atomic E-state index is -1.18. The molecular formula is C10H14N2O3. The Labute approximate surface area is 87.7 Å². The Morgan fingerprint density at radius 3 is 2.87 bits per heavy atom. The van der Waals surface area contributed by atoms with Crippen molar-refractivity contribution in [2.75, 3.05) is 6.61 Å². The van der Waals surface area contributed by atoms with Gasteiger partial charge in [0.15, 0.2) is 0 Å².